The van der Waals surface area contributed by atoms with Crippen LogP contribution in [0.15, 0.2) is 58.1 Å². The number of aromatic amines is 1. The summed E-state index contributed by atoms with van der Waals surface area (Å²) in [6.07, 6.45) is 4.29. The fourth-order valence-electron chi connectivity index (χ4n) is 5.16. The van der Waals surface area contributed by atoms with E-state index in [0.29, 0.717) is 24.0 Å². The first kappa shape index (κ1) is 19.8. The minimum absolute atomic E-state index is 0.0492. The van der Waals surface area contributed by atoms with Gasteiger partial charge in [-0.1, -0.05) is 36.4 Å². The van der Waals surface area contributed by atoms with Crippen molar-refractivity contribution in [2.75, 3.05) is 6.54 Å². The summed E-state index contributed by atoms with van der Waals surface area (Å²) in [4.78, 5) is 43.2. The van der Waals surface area contributed by atoms with E-state index in [1.165, 1.54) is 15.7 Å². The monoisotopic (exact) mass is 417 g/mol. The Balaban J connectivity index is 1.23. The van der Waals surface area contributed by atoms with Crippen LogP contribution in [0.5, 0.6) is 0 Å². The van der Waals surface area contributed by atoms with Crippen LogP contribution in [0.3, 0.4) is 0 Å². The Bertz CT molecular complexity index is 1230. The topological polar surface area (TPSA) is 75.2 Å². The maximum Gasteiger partial charge on any atom is 0.328 e. The number of H-pyrrole nitrogens is 1. The maximum atomic E-state index is 13.1. The molecule has 6 nitrogen and oxygen atoms in total. The predicted octanol–water partition coefficient (Wildman–Crippen LogP) is 3.08. The Morgan fingerprint density at radius 3 is 2.45 bits per heavy atom. The molecule has 0 saturated heterocycles. The molecule has 0 radical (unpaired) electrons. The van der Waals surface area contributed by atoms with Crippen molar-refractivity contribution in [2.24, 2.45) is 11.8 Å². The molecule has 1 saturated carbocycles. The van der Waals surface area contributed by atoms with Crippen molar-refractivity contribution in [3.63, 3.8) is 0 Å². The van der Waals surface area contributed by atoms with E-state index in [4.69, 9.17) is 0 Å². The van der Waals surface area contributed by atoms with Crippen molar-refractivity contribution in [1.29, 1.82) is 0 Å². The standard InChI is InChI=1S/C25H27N3O3/c29-23(27-14-13-18-5-1-2-6-20(18)16-27)19-11-9-17(10-12-19)15-28-24(30)21-7-3-4-8-22(21)26-25(28)31/h1-8,17,19H,9-16H2,(H,26,31). The summed E-state index contributed by atoms with van der Waals surface area (Å²) in [7, 11) is 0. The Hall–Kier alpha value is -3.15. The predicted molar refractivity (Wildman–Crippen MR) is 120 cm³/mol. The number of amides is 1. The van der Waals surface area contributed by atoms with E-state index in [1.807, 2.05) is 17.0 Å². The van der Waals surface area contributed by atoms with Gasteiger partial charge in [0.2, 0.25) is 5.91 Å². The summed E-state index contributed by atoms with van der Waals surface area (Å²) < 4.78 is 1.33. The lowest BCUT2D eigenvalue weighted by atomic mass is 9.81. The molecule has 2 aromatic carbocycles. The number of benzene rings is 2. The zero-order valence-corrected chi connectivity index (χ0v) is 17.5. The second-order valence-electron chi connectivity index (χ2n) is 8.89. The molecule has 1 fully saturated rings. The Kier molecular flexibility index (Phi) is 5.22. The third-order valence-corrected chi connectivity index (χ3v) is 6.97. The first-order valence-corrected chi connectivity index (χ1v) is 11.2. The van der Waals surface area contributed by atoms with E-state index in [1.54, 1.807) is 18.2 Å². The van der Waals surface area contributed by atoms with Gasteiger partial charge in [0.1, 0.15) is 0 Å². The number of carbonyl (C=O) groups excluding carboxylic acids is 1. The summed E-state index contributed by atoms with van der Waals surface area (Å²) in [6, 6.07) is 15.5. The molecular formula is C25H27N3O3. The van der Waals surface area contributed by atoms with Gasteiger partial charge in [-0.2, -0.15) is 0 Å². The van der Waals surface area contributed by atoms with E-state index in [0.717, 1.165) is 38.6 Å². The van der Waals surface area contributed by atoms with E-state index < -0.39 is 0 Å². The van der Waals surface area contributed by atoms with Crippen molar-refractivity contribution < 1.29 is 4.79 Å². The number of aromatic nitrogens is 2. The minimum atomic E-state index is -0.353. The average Bonchev–Trinajstić information content (AvgIpc) is 2.81. The van der Waals surface area contributed by atoms with Crippen LogP contribution in [0, 0.1) is 11.8 Å². The highest BCUT2D eigenvalue weighted by Gasteiger charge is 2.31. The van der Waals surface area contributed by atoms with E-state index in [-0.39, 0.29) is 29.0 Å². The van der Waals surface area contributed by atoms with Crippen LogP contribution in [0.25, 0.3) is 10.9 Å². The Labute approximate surface area is 180 Å². The highest BCUT2D eigenvalue weighted by molar-refractivity contribution is 5.79. The van der Waals surface area contributed by atoms with E-state index in [9.17, 15) is 14.4 Å². The highest BCUT2D eigenvalue weighted by Crippen LogP contribution is 2.32. The molecule has 6 heteroatoms. The zero-order chi connectivity index (χ0) is 21.4. The molecule has 2 aliphatic rings. The number of hydrogen-bond acceptors (Lipinski definition) is 3. The number of nitrogens with one attached hydrogen (secondary N) is 1. The molecule has 2 heterocycles. The number of fused-ring (bicyclic) bond motifs is 2. The molecule has 0 spiro atoms. The molecule has 1 N–H and O–H groups in total. The van der Waals surface area contributed by atoms with Gasteiger partial charge in [-0.25, -0.2) is 4.79 Å². The smallest absolute Gasteiger partial charge is 0.328 e. The molecule has 0 atom stereocenters. The molecule has 1 aromatic heterocycles. The summed E-state index contributed by atoms with van der Waals surface area (Å²) >= 11 is 0. The second-order valence-corrected chi connectivity index (χ2v) is 8.89. The molecule has 31 heavy (non-hydrogen) atoms. The van der Waals surface area contributed by atoms with Crippen LogP contribution in [0.2, 0.25) is 0 Å². The van der Waals surface area contributed by atoms with Gasteiger partial charge in [0, 0.05) is 25.6 Å². The lowest BCUT2D eigenvalue weighted by molar-refractivity contribution is -0.137. The lowest BCUT2D eigenvalue weighted by Crippen LogP contribution is -2.42. The summed E-state index contributed by atoms with van der Waals surface area (Å²) in [6.45, 7) is 1.91. The zero-order valence-electron chi connectivity index (χ0n) is 17.5. The highest BCUT2D eigenvalue weighted by atomic mass is 16.2. The summed E-state index contributed by atoms with van der Waals surface area (Å²) in [5, 5.41) is 0.538. The quantitative estimate of drug-likeness (QED) is 0.712. The number of para-hydroxylation sites is 1. The molecule has 0 bridgehead atoms. The van der Waals surface area contributed by atoms with Crippen molar-refractivity contribution in [1.82, 2.24) is 14.5 Å². The van der Waals surface area contributed by atoms with Gasteiger partial charge < -0.3 is 9.88 Å². The molecule has 1 amide bonds. The average molecular weight is 418 g/mol. The molecule has 160 valence electrons. The molecule has 5 rings (SSSR count). The largest absolute Gasteiger partial charge is 0.338 e. The SMILES string of the molecule is O=C(C1CCC(Cn2c(=O)[nH]c3ccccc3c2=O)CC1)N1CCc2ccccc2C1. The van der Waals surface area contributed by atoms with Gasteiger partial charge in [0.05, 0.1) is 10.9 Å². The first-order chi connectivity index (χ1) is 15.1. The van der Waals surface area contributed by atoms with Crippen LogP contribution in [-0.2, 0) is 24.3 Å². The van der Waals surface area contributed by atoms with Crippen LogP contribution >= 0.6 is 0 Å². The lowest BCUT2D eigenvalue weighted by Gasteiger charge is -2.34. The van der Waals surface area contributed by atoms with Crippen molar-refractivity contribution >= 4 is 16.8 Å². The normalized spacial score (nSPS) is 21.1. The van der Waals surface area contributed by atoms with E-state index in [2.05, 4.69) is 23.2 Å². The molecular weight excluding hydrogens is 390 g/mol. The fourth-order valence-corrected chi connectivity index (χ4v) is 5.16. The second kappa shape index (κ2) is 8.17. The fraction of sp³-hybridized carbons (Fsp3) is 0.400. The number of hydrogen-bond donors (Lipinski definition) is 1. The summed E-state index contributed by atoms with van der Waals surface area (Å²) in [5.41, 5.74) is 2.59. The Morgan fingerprint density at radius 2 is 1.65 bits per heavy atom. The first-order valence-electron chi connectivity index (χ1n) is 11.2. The van der Waals surface area contributed by atoms with Gasteiger partial charge in [-0.3, -0.25) is 14.2 Å². The van der Waals surface area contributed by atoms with Crippen molar-refractivity contribution in [2.45, 2.75) is 45.2 Å². The summed E-state index contributed by atoms with van der Waals surface area (Å²) in [5.74, 6) is 0.549. The molecule has 1 aliphatic carbocycles. The van der Waals surface area contributed by atoms with Gasteiger partial charge in [0.25, 0.3) is 5.56 Å². The van der Waals surface area contributed by atoms with Crippen LogP contribution in [0.4, 0.5) is 0 Å². The van der Waals surface area contributed by atoms with Gasteiger partial charge in [0.15, 0.2) is 0 Å². The number of rotatable bonds is 3. The third-order valence-electron chi connectivity index (χ3n) is 6.97. The van der Waals surface area contributed by atoms with Crippen molar-refractivity contribution in [3.8, 4) is 0 Å². The van der Waals surface area contributed by atoms with Crippen LogP contribution in [-0.4, -0.2) is 26.9 Å². The molecule has 1 aliphatic heterocycles. The van der Waals surface area contributed by atoms with Gasteiger partial charge >= 0.3 is 5.69 Å². The number of nitrogens with zero attached hydrogens (tertiary/aromatic N) is 2. The van der Waals surface area contributed by atoms with Gasteiger partial charge in [-0.05, 0) is 61.3 Å². The maximum absolute atomic E-state index is 13.1. The number of carbonyl (C=O) groups is 1. The molecule has 3 aromatic rings. The van der Waals surface area contributed by atoms with E-state index >= 15 is 0 Å². The van der Waals surface area contributed by atoms with Crippen LogP contribution < -0.4 is 11.2 Å². The van der Waals surface area contributed by atoms with Crippen LogP contribution in [0.1, 0.15) is 36.8 Å². The minimum Gasteiger partial charge on any atom is -0.338 e. The van der Waals surface area contributed by atoms with Crippen molar-refractivity contribution in [3.05, 3.63) is 80.5 Å². The Morgan fingerprint density at radius 1 is 0.935 bits per heavy atom. The molecule has 0 unspecified atom stereocenters. The van der Waals surface area contributed by atoms with Gasteiger partial charge in [-0.15, -0.1) is 0 Å². The third kappa shape index (κ3) is 3.82.